The smallest absolute Gasteiger partial charge is 0.467 e. The molecule has 1 rings (SSSR count). The Bertz CT molecular complexity index is 568. The molecule has 0 amide bonds. The maximum Gasteiger partial charge on any atom is 0.523 e. The number of hydrogen-bond donors (Lipinski definition) is 0. The number of benzene rings is 1. The molecule has 0 radical (unpaired) electrons. The molecule has 9 heteroatoms. The zero-order valence-electron chi connectivity index (χ0n) is 11.0. The number of alkyl halides is 3. The van der Waals surface area contributed by atoms with Crippen molar-refractivity contribution in [1.82, 2.24) is 0 Å². The van der Waals surface area contributed by atoms with Crippen LogP contribution in [-0.2, 0) is 30.3 Å². The Hall–Kier alpha value is -1.61. The molecule has 0 fully saturated rings. The van der Waals surface area contributed by atoms with Crippen LogP contribution in [0.25, 0.3) is 0 Å². The average Bonchev–Trinajstić information content (AvgIpc) is 2.42. The highest BCUT2D eigenvalue weighted by Gasteiger charge is 2.49. The SMILES string of the molecule is COC(=O)C(CCc1ccccc1)OS(=O)(=O)C(F)(F)F. The molecular weight excluding hydrogens is 313 g/mol. The van der Waals surface area contributed by atoms with E-state index in [0.717, 1.165) is 12.7 Å². The van der Waals surface area contributed by atoms with Crippen molar-refractivity contribution in [2.24, 2.45) is 0 Å². The fraction of sp³-hybridized carbons (Fsp3) is 0.417. The van der Waals surface area contributed by atoms with Gasteiger partial charge in [0.05, 0.1) is 7.11 Å². The largest absolute Gasteiger partial charge is 0.523 e. The predicted molar refractivity (Wildman–Crippen MR) is 66.6 cm³/mol. The van der Waals surface area contributed by atoms with Crippen LogP contribution < -0.4 is 0 Å². The van der Waals surface area contributed by atoms with Crippen molar-refractivity contribution in [3.8, 4) is 0 Å². The van der Waals surface area contributed by atoms with E-state index in [1.165, 1.54) is 0 Å². The van der Waals surface area contributed by atoms with Crippen molar-refractivity contribution in [3.63, 3.8) is 0 Å². The van der Waals surface area contributed by atoms with Crippen molar-refractivity contribution < 1.29 is 35.3 Å². The number of aryl methyl sites for hydroxylation is 1. The summed E-state index contributed by atoms with van der Waals surface area (Å²) in [4.78, 5) is 11.4. The molecule has 0 heterocycles. The summed E-state index contributed by atoms with van der Waals surface area (Å²) in [6, 6.07) is 8.52. The van der Waals surface area contributed by atoms with Gasteiger partial charge in [0.1, 0.15) is 0 Å². The molecule has 5 nitrogen and oxygen atoms in total. The third-order valence-corrected chi connectivity index (χ3v) is 3.58. The Morgan fingerprint density at radius 1 is 1.24 bits per heavy atom. The van der Waals surface area contributed by atoms with Crippen LogP contribution >= 0.6 is 0 Å². The maximum atomic E-state index is 12.3. The van der Waals surface area contributed by atoms with Gasteiger partial charge in [0, 0.05) is 0 Å². The molecule has 21 heavy (non-hydrogen) atoms. The molecule has 1 unspecified atom stereocenters. The van der Waals surface area contributed by atoms with Gasteiger partial charge in [-0.25, -0.2) is 8.98 Å². The van der Waals surface area contributed by atoms with E-state index in [-0.39, 0.29) is 12.8 Å². The number of halogens is 3. The first-order valence-electron chi connectivity index (χ1n) is 5.78. The molecule has 0 aromatic heterocycles. The van der Waals surface area contributed by atoms with Crippen LogP contribution in [0.3, 0.4) is 0 Å². The van der Waals surface area contributed by atoms with Crippen LogP contribution in [-0.4, -0.2) is 33.1 Å². The van der Waals surface area contributed by atoms with E-state index in [0.29, 0.717) is 0 Å². The Labute approximate surface area is 119 Å². The molecule has 0 saturated carbocycles. The van der Waals surface area contributed by atoms with Gasteiger partial charge in [-0.3, -0.25) is 0 Å². The summed E-state index contributed by atoms with van der Waals surface area (Å²) in [6.45, 7) is 0. The summed E-state index contributed by atoms with van der Waals surface area (Å²) in [5.74, 6) is -1.18. The Morgan fingerprint density at radius 3 is 2.29 bits per heavy atom. The van der Waals surface area contributed by atoms with E-state index in [1.54, 1.807) is 30.3 Å². The van der Waals surface area contributed by atoms with Crippen LogP contribution in [0.4, 0.5) is 13.2 Å². The Balaban J connectivity index is 2.80. The summed E-state index contributed by atoms with van der Waals surface area (Å²) >= 11 is 0. The molecule has 1 aromatic rings. The lowest BCUT2D eigenvalue weighted by molar-refractivity contribution is -0.149. The van der Waals surface area contributed by atoms with Crippen LogP contribution in [0.1, 0.15) is 12.0 Å². The van der Waals surface area contributed by atoms with E-state index in [2.05, 4.69) is 8.92 Å². The first-order valence-corrected chi connectivity index (χ1v) is 7.19. The fourth-order valence-corrected chi connectivity index (χ4v) is 2.08. The number of esters is 1. The molecule has 118 valence electrons. The second-order valence-electron chi connectivity index (χ2n) is 4.03. The number of carbonyl (C=O) groups is 1. The zero-order valence-corrected chi connectivity index (χ0v) is 11.8. The summed E-state index contributed by atoms with van der Waals surface area (Å²) < 4.78 is 66.9. The van der Waals surface area contributed by atoms with Gasteiger partial charge >= 0.3 is 21.6 Å². The third-order valence-electron chi connectivity index (χ3n) is 2.53. The van der Waals surface area contributed by atoms with Gasteiger partial charge in [-0.15, -0.1) is 0 Å². The van der Waals surface area contributed by atoms with Gasteiger partial charge in [0.25, 0.3) is 0 Å². The number of rotatable bonds is 6. The lowest BCUT2D eigenvalue weighted by Gasteiger charge is -2.16. The maximum absolute atomic E-state index is 12.3. The molecule has 0 aliphatic heterocycles. The third kappa shape index (κ3) is 5.01. The zero-order chi connectivity index (χ0) is 16.1. The van der Waals surface area contributed by atoms with Gasteiger partial charge in [-0.1, -0.05) is 30.3 Å². The van der Waals surface area contributed by atoms with E-state index in [9.17, 15) is 26.4 Å². The highest BCUT2D eigenvalue weighted by Crippen LogP contribution is 2.26. The van der Waals surface area contributed by atoms with Gasteiger partial charge in [0.2, 0.25) is 0 Å². The summed E-state index contributed by atoms with van der Waals surface area (Å²) in [6.07, 6.45) is -1.94. The molecular formula is C12H13F3O5S. The molecule has 0 N–H and O–H groups in total. The Morgan fingerprint density at radius 2 is 1.81 bits per heavy atom. The van der Waals surface area contributed by atoms with Crippen LogP contribution in [0.5, 0.6) is 0 Å². The minimum atomic E-state index is -5.86. The minimum Gasteiger partial charge on any atom is -0.467 e. The van der Waals surface area contributed by atoms with Crippen molar-refractivity contribution >= 4 is 16.1 Å². The first-order chi connectivity index (χ1) is 9.67. The van der Waals surface area contributed by atoms with Crippen molar-refractivity contribution in [3.05, 3.63) is 35.9 Å². The first kappa shape index (κ1) is 17.4. The molecule has 0 spiro atoms. The second kappa shape index (κ2) is 6.90. The molecule has 1 aromatic carbocycles. The number of ether oxygens (including phenoxy) is 1. The highest BCUT2D eigenvalue weighted by molar-refractivity contribution is 7.87. The topological polar surface area (TPSA) is 69.7 Å². The highest BCUT2D eigenvalue weighted by atomic mass is 32.2. The van der Waals surface area contributed by atoms with E-state index >= 15 is 0 Å². The molecule has 1 atom stereocenters. The average molecular weight is 326 g/mol. The minimum absolute atomic E-state index is 0.161. The standard InChI is InChI=1S/C12H13F3O5S/c1-19-11(16)10(20-21(17,18)12(13,14)15)8-7-9-5-3-2-4-6-9/h2-6,10H,7-8H2,1H3. The van der Waals surface area contributed by atoms with Gasteiger partial charge in [-0.05, 0) is 18.4 Å². The predicted octanol–water partition coefficient (Wildman–Crippen LogP) is 2.03. The Kier molecular flexibility index (Phi) is 5.73. The van der Waals surface area contributed by atoms with E-state index in [4.69, 9.17) is 0 Å². The summed E-state index contributed by atoms with van der Waals surface area (Å²) in [5, 5.41) is 0. The lowest BCUT2D eigenvalue weighted by Crippen LogP contribution is -2.35. The van der Waals surface area contributed by atoms with E-state index in [1.807, 2.05) is 0 Å². The quantitative estimate of drug-likeness (QED) is 0.454. The van der Waals surface area contributed by atoms with Gasteiger partial charge in [-0.2, -0.15) is 21.6 Å². The monoisotopic (exact) mass is 326 g/mol. The summed E-state index contributed by atoms with van der Waals surface area (Å²) in [5.41, 5.74) is -4.87. The fourth-order valence-electron chi connectivity index (χ4n) is 1.49. The van der Waals surface area contributed by atoms with Crippen LogP contribution in [0.2, 0.25) is 0 Å². The normalized spacial score (nSPS) is 13.7. The van der Waals surface area contributed by atoms with Crippen LogP contribution in [0, 0.1) is 0 Å². The van der Waals surface area contributed by atoms with E-state index < -0.39 is 27.7 Å². The van der Waals surface area contributed by atoms with Crippen molar-refractivity contribution in [1.29, 1.82) is 0 Å². The molecule has 0 saturated heterocycles. The van der Waals surface area contributed by atoms with Crippen molar-refractivity contribution in [2.45, 2.75) is 24.5 Å². The number of carbonyl (C=O) groups excluding carboxylic acids is 1. The molecule has 0 aliphatic carbocycles. The molecule has 0 bridgehead atoms. The lowest BCUT2D eigenvalue weighted by atomic mass is 10.1. The van der Waals surface area contributed by atoms with Gasteiger partial charge in [0.15, 0.2) is 6.10 Å². The summed E-state index contributed by atoms with van der Waals surface area (Å²) in [7, 11) is -4.93. The molecule has 0 aliphatic rings. The number of methoxy groups -OCH3 is 1. The second-order valence-corrected chi connectivity index (χ2v) is 5.60. The van der Waals surface area contributed by atoms with Crippen molar-refractivity contribution in [2.75, 3.05) is 7.11 Å². The van der Waals surface area contributed by atoms with Crippen LogP contribution in [0.15, 0.2) is 30.3 Å². The van der Waals surface area contributed by atoms with Gasteiger partial charge < -0.3 is 4.74 Å². The number of hydrogen-bond acceptors (Lipinski definition) is 5.